The van der Waals surface area contributed by atoms with Crippen molar-refractivity contribution < 1.29 is 9.53 Å². The van der Waals surface area contributed by atoms with E-state index in [1.54, 1.807) is 13.2 Å². The number of benzene rings is 2. The Balaban J connectivity index is 1.86. The molecule has 3 aromatic rings. The Morgan fingerprint density at radius 2 is 1.79 bits per heavy atom. The first kappa shape index (κ1) is 20.3. The van der Waals surface area contributed by atoms with Gasteiger partial charge in [0.2, 0.25) is 0 Å². The van der Waals surface area contributed by atoms with Crippen LogP contribution in [0.15, 0.2) is 60.7 Å². The number of hydrogen-bond donors (Lipinski definition) is 2. The van der Waals surface area contributed by atoms with E-state index in [4.69, 9.17) is 4.74 Å². The number of amides is 1. The number of ether oxygens (including phenoxy) is 1. The molecule has 0 spiro atoms. The SMILES string of the molecule is CCCCNC(=O)c1cc(NCc2ccccc2OC)nc(-c2ccccc2)n1. The van der Waals surface area contributed by atoms with Crippen LogP contribution in [0.5, 0.6) is 5.75 Å². The van der Waals surface area contributed by atoms with Gasteiger partial charge in [0, 0.05) is 30.3 Å². The highest BCUT2D eigenvalue weighted by Gasteiger charge is 2.13. The Kier molecular flexibility index (Phi) is 7.16. The molecule has 0 aliphatic carbocycles. The van der Waals surface area contributed by atoms with Gasteiger partial charge in [0.05, 0.1) is 7.11 Å². The minimum absolute atomic E-state index is 0.196. The number of carbonyl (C=O) groups is 1. The molecule has 2 aromatic carbocycles. The zero-order chi connectivity index (χ0) is 20.5. The molecule has 0 bridgehead atoms. The molecule has 1 aromatic heterocycles. The average Bonchev–Trinajstić information content (AvgIpc) is 2.78. The number of unbranched alkanes of at least 4 members (excludes halogenated alkanes) is 1. The van der Waals surface area contributed by atoms with Crippen molar-refractivity contribution in [3.05, 3.63) is 71.9 Å². The van der Waals surface area contributed by atoms with E-state index in [0.717, 1.165) is 29.7 Å². The van der Waals surface area contributed by atoms with Gasteiger partial charge in [-0.3, -0.25) is 4.79 Å². The lowest BCUT2D eigenvalue weighted by Gasteiger charge is -2.12. The standard InChI is InChI=1S/C23H26N4O2/c1-3-4-14-24-23(28)19-15-21(25-16-18-12-8-9-13-20(18)29-2)27-22(26-19)17-10-6-5-7-11-17/h5-13,15H,3-4,14,16H2,1-2H3,(H,24,28)(H,25,26,27). The van der Waals surface area contributed by atoms with Crippen LogP contribution >= 0.6 is 0 Å². The van der Waals surface area contributed by atoms with Gasteiger partial charge in [-0.05, 0) is 12.5 Å². The molecule has 1 amide bonds. The molecule has 6 heteroatoms. The highest BCUT2D eigenvalue weighted by Crippen LogP contribution is 2.21. The fourth-order valence-electron chi connectivity index (χ4n) is 2.87. The van der Waals surface area contributed by atoms with Crippen LogP contribution in [0, 0.1) is 0 Å². The quantitative estimate of drug-likeness (QED) is 0.533. The topological polar surface area (TPSA) is 76.1 Å². The fourth-order valence-corrected chi connectivity index (χ4v) is 2.87. The second kappa shape index (κ2) is 10.2. The highest BCUT2D eigenvalue weighted by atomic mass is 16.5. The lowest BCUT2D eigenvalue weighted by atomic mass is 10.2. The van der Waals surface area contributed by atoms with Gasteiger partial charge < -0.3 is 15.4 Å². The molecule has 0 unspecified atom stereocenters. The third-order valence-corrected chi connectivity index (χ3v) is 4.46. The monoisotopic (exact) mass is 390 g/mol. The molecule has 0 saturated heterocycles. The van der Waals surface area contributed by atoms with E-state index in [-0.39, 0.29) is 5.91 Å². The van der Waals surface area contributed by atoms with Gasteiger partial charge in [-0.2, -0.15) is 0 Å². The highest BCUT2D eigenvalue weighted by molar-refractivity contribution is 5.93. The molecule has 0 aliphatic heterocycles. The van der Waals surface area contributed by atoms with E-state index in [9.17, 15) is 4.79 Å². The van der Waals surface area contributed by atoms with Crippen LogP contribution in [0.25, 0.3) is 11.4 Å². The first-order valence-electron chi connectivity index (χ1n) is 9.79. The second-order valence-corrected chi connectivity index (χ2v) is 6.60. The summed E-state index contributed by atoms with van der Waals surface area (Å²) in [5.74, 6) is 1.70. The maximum Gasteiger partial charge on any atom is 0.270 e. The Hall–Kier alpha value is -3.41. The van der Waals surface area contributed by atoms with Crippen molar-refractivity contribution in [1.29, 1.82) is 0 Å². The summed E-state index contributed by atoms with van der Waals surface area (Å²) in [6.07, 6.45) is 1.95. The van der Waals surface area contributed by atoms with Crippen molar-refractivity contribution in [1.82, 2.24) is 15.3 Å². The van der Waals surface area contributed by atoms with Crippen molar-refractivity contribution >= 4 is 11.7 Å². The summed E-state index contributed by atoms with van der Waals surface area (Å²) >= 11 is 0. The molecule has 3 rings (SSSR count). The summed E-state index contributed by atoms with van der Waals surface area (Å²) in [5, 5.41) is 6.22. The number of methoxy groups -OCH3 is 1. The number of aromatic nitrogens is 2. The molecule has 2 N–H and O–H groups in total. The number of carbonyl (C=O) groups excluding carboxylic acids is 1. The first-order valence-corrected chi connectivity index (χ1v) is 9.79. The maximum atomic E-state index is 12.6. The van der Waals surface area contributed by atoms with Crippen LogP contribution in [-0.4, -0.2) is 29.5 Å². The first-order chi connectivity index (χ1) is 14.2. The number of nitrogens with one attached hydrogen (secondary N) is 2. The number of rotatable bonds is 9. The zero-order valence-corrected chi connectivity index (χ0v) is 16.8. The van der Waals surface area contributed by atoms with Crippen molar-refractivity contribution in [2.24, 2.45) is 0 Å². The summed E-state index contributed by atoms with van der Waals surface area (Å²) in [7, 11) is 1.65. The van der Waals surface area contributed by atoms with Crippen LogP contribution in [0.3, 0.4) is 0 Å². The maximum absolute atomic E-state index is 12.6. The van der Waals surface area contributed by atoms with Crippen molar-refractivity contribution in [2.45, 2.75) is 26.3 Å². The molecule has 0 atom stereocenters. The van der Waals surface area contributed by atoms with E-state index >= 15 is 0 Å². The Bertz CT molecular complexity index is 945. The van der Waals surface area contributed by atoms with Gasteiger partial charge in [-0.15, -0.1) is 0 Å². The molecule has 0 aliphatic rings. The van der Waals surface area contributed by atoms with Gasteiger partial charge in [0.25, 0.3) is 5.91 Å². The Morgan fingerprint density at radius 1 is 1.03 bits per heavy atom. The van der Waals surface area contributed by atoms with Crippen LogP contribution in [0.1, 0.15) is 35.8 Å². The van der Waals surface area contributed by atoms with Gasteiger partial charge in [0.1, 0.15) is 17.3 Å². The van der Waals surface area contributed by atoms with E-state index in [0.29, 0.717) is 30.4 Å². The van der Waals surface area contributed by atoms with E-state index in [1.165, 1.54) is 0 Å². The van der Waals surface area contributed by atoms with Gasteiger partial charge in [-0.1, -0.05) is 61.9 Å². The molecule has 0 fully saturated rings. The fraction of sp³-hybridized carbons (Fsp3) is 0.261. The lowest BCUT2D eigenvalue weighted by molar-refractivity contribution is 0.0948. The van der Waals surface area contributed by atoms with Gasteiger partial charge in [0.15, 0.2) is 5.82 Å². The summed E-state index contributed by atoms with van der Waals surface area (Å²) in [4.78, 5) is 21.7. The molecule has 1 heterocycles. The largest absolute Gasteiger partial charge is 0.496 e. The lowest BCUT2D eigenvalue weighted by Crippen LogP contribution is -2.25. The summed E-state index contributed by atoms with van der Waals surface area (Å²) in [5.41, 5.74) is 2.21. The normalized spacial score (nSPS) is 10.4. The minimum Gasteiger partial charge on any atom is -0.496 e. The predicted molar refractivity (Wildman–Crippen MR) is 115 cm³/mol. The van der Waals surface area contributed by atoms with Gasteiger partial charge >= 0.3 is 0 Å². The summed E-state index contributed by atoms with van der Waals surface area (Å²) < 4.78 is 5.41. The minimum atomic E-state index is -0.196. The van der Waals surface area contributed by atoms with Crippen molar-refractivity contribution in [3.63, 3.8) is 0 Å². The third kappa shape index (κ3) is 5.54. The number of hydrogen-bond acceptors (Lipinski definition) is 5. The number of nitrogens with zero attached hydrogens (tertiary/aromatic N) is 2. The third-order valence-electron chi connectivity index (χ3n) is 4.46. The predicted octanol–water partition coefficient (Wildman–Crippen LogP) is 4.29. The molecule has 150 valence electrons. The van der Waals surface area contributed by atoms with Crippen molar-refractivity contribution in [2.75, 3.05) is 19.0 Å². The zero-order valence-electron chi connectivity index (χ0n) is 16.8. The molecule has 6 nitrogen and oxygen atoms in total. The van der Waals surface area contributed by atoms with Crippen LogP contribution in [0.4, 0.5) is 5.82 Å². The Labute approximate surface area is 171 Å². The number of para-hydroxylation sites is 1. The smallest absolute Gasteiger partial charge is 0.270 e. The molecular weight excluding hydrogens is 364 g/mol. The molecular formula is C23H26N4O2. The molecule has 0 radical (unpaired) electrons. The van der Waals surface area contributed by atoms with Crippen LogP contribution in [0.2, 0.25) is 0 Å². The van der Waals surface area contributed by atoms with Gasteiger partial charge in [-0.25, -0.2) is 9.97 Å². The summed E-state index contributed by atoms with van der Waals surface area (Å²) in [6, 6.07) is 19.1. The van der Waals surface area contributed by atoms with Crippen LogP contribution in [-0.2, 0) is 6.54 Å². The van der Waals surface area contributed by atoms with E-state index in [2.05, 4.69) is 27.5 Å². The molecule has 0 saturated carbocycles. The van der Waals surface area contributed by atoms with Crippen LogP contribution < -0.4 is 15.4 Å². The summed E-state index contributed by atoms with van der Waals surface area (Å²) in [6.45, 7) is 3.24. The number of anilines is 1. The Morgan fingerprint density at radius 3 is 2.55 bits per heavy atom. The molecule has 29 heavy (non-hydrogen) atoms. The van der Waals surface area contributed by atoms with Crippen molar-refractivity contribution in [3.8, 4) is 17.1 Å². The van der Waals surface area contributed by atoms with E-state index < -0.39 is 0 Å². The van der Waals surface area contributed by atoms with E-state index in [1.807, 2.05) is 54.6 Å². The second-order valence-electron chi connectivity index (χ2n) is 6.60. The average molecular weight is 390 g/mol.